The molecule has 0 saturated carbocycles. The molecule has 2 aromatic rings. The van der Waals surface area contributed by atoms with Crippen molar-refractivity contribution in [2.24, 2.45) is 5.73 Å². The van der Waals surface area contributed by atoms with Crippen LogP contribution in [0, 0.1) is 12.7 Å². The van der Waals surface area contributed by atoms with Crippen molar-refractivity contribution in [1.29, 1.82) is 0 Å². The van der Waals surface area contributed by atoms with Crippen LogP contribution in [0.2, 0.25) is 0 Å². The molecule has 0 saturated heterocycles. The Morgan fingerprint density at radius 3 is 2.88 bits per heavy atom. The molecule has 0 amide bonds. The highest BCUT2D eigenvalue weighted by molar-refractivity contribution is 5.37. The highest BCUT2D eigenvalue weighted by Gasteiger charge is 2.07. The zero-order valence-electron chi connectivity index (χ0n) is 9.48. The third-order valence-corrected chi connectivity index (χ3v) is 2.41. The van der Waals surface area contributed by atoms with E-state index in [9.17, 15) is 4.39 Å². The molecule has 2 N–H and O–H groups in total. The van der Waals surface area contributed by atoms with Crippen LogP contribution in [0.5, 0.6) is 11.6 Å². The van der Waals surface area contributed by atoms with Gasteiger partial charge in [-0.2, -0.15) is 0 Å². The summed E-state index contributed by atoms with van der Waals surface area (Å²) in [4.78, 5) is 4.11. The first-order valence-corrected chi connectivity index (χ1v) is 5.28. The monoisotopic (exact) mass is 232 g/mol. The number of benzene rings is 1. The summed E-state index contributed by atoms with van der Waals surface area (Å²) < 4.78 is 18.6. The molecular weight excluding hydrogens is 219 g/mol. The molecule has 2 rings (SSSR count). The van der Waals surface area contributed by atoms with E-state index in [1.807, 2.05) is 6.07 Å². The predicted molar refractivity (Wildman–Crippen MR) is 63.3 cm³/mol. The topological polar surface area (TPSA) is 48.1 Å². The van der Waals surface area contributed by atoms with E-state index in [1.165, 1.54) is 12.1 Å². The number of halogens is 1. The third-order valence-electron chi connectivity index (χ3n) is 2.41. The van der Waals surface area contributed by atoms with Crippen LogP contribution in [0.3, 0.4) is 0 Å². The summed E-state index contributed by atoms with van der Waals surface area (Å²) in [5.41, 5.74) is 7.12. The van der Waals surface area contributed by atoms with E-state index in [0.29, 0.717) is 18.2 Å². The van der Waals surface area contributed by atoms with Crippen LogP contribution < -0.4 is 10.5 Å². The number of nitrogens with zero attached hydrogens (tertiary/aromatic N) is 1. The van der Waals surface area contributed by atoms with Crippen LogP contribution in [0.1, 0.15) is 11.1 Å². The normalized spacial score (nSPS) is 10.3. The van der Waals surface area contributed by atoms with Gasteiger partial charge < -0.3 is 10.5 Å². The summed E-state index contributed by atoms with van der Waals surface area (Å²) in [5, 5.41) is 0. The van der Waals surface area contributed by atoms with Crippen LogP contribution in [-0.4, -0.2) is 4.98 Å². The third kappa shape index (κ3) is 2.60. The van der Waals surface area contributed by atoms with E-state index in [1.54, 1.807) is 25.3 Å². The van der Waals surface area contributed by atoms with Crippen molar-refractivity contribution in [3.63, 3.8) is 0 Å². The Morgan fingerprint density at radius 2 is 2.18 bits per heavy atom. The lowest BCUT2D eigenvalue weighted by Gasteiger charge is -2.10. The Balaban J connectivity index is 2.31. The van der Waals surface area contributed by atoms with Crippen molar-refractivity contribution in [2.45, 2.75) is 13.5 Å². The molecule has 3 nitrogen and oxygen atoms in total. The fourth-order valence-corrected chi connectivity index (χ4v) is 1.50. The fraction of sp³-hybridized carbons (Fsp3) is 0.154. The quantitative estimate of drug-likeness (QED) is 0.885. The SMILES string of the molecule is Cc1cc(F)ccc1Oc1ncccc1CN. The highest BCUT2D eigenvalue weighted by atomic mass is 19.1. The lowest BCUT2D eigenvalue weighted by Crippen LogP contribution is -2.01. The van der Waals surface area contributed by atoms with Gasteiger partial charge in [0.15, 0.2) is 0 Å². The molecule has 1 aromatic heterocycles. The van der Waals surface area contributed by atoms with Crippen LogP contribution in [-0.2, 0) is 6.54 Å². The molecule has 0 fully saturated rings. The lowest BCUT2D eigenvalue weighted by molar-refractivity contribution is 0.451. The van der Waals surface area contributed by atoms with Crippen molar-refractivity contribution >= 4 is 0 Å². The van der Waals surface area contributed by atoms with Gasteiger partial charge >= 0.3 is 0 Å². The van der Waals surface area contributed by atoms with Gasteiger partial charge in [-0.05, 0) is 36.8 Å². The maximum Gasteiger partial charge on any atom is 0.223 e. The molecule has 1 heterocycles. The number of pyridine rings is 1. The zero-order chi connectivity index (χ0) is 12.3. The van der Waals surface area contributed by atoms with E-state index < -0.39 is 0 Å². The van der Waals surface area contributed by atoms with Crippen molar-refractivity contribution < 1.29 is 9.13 Å². The van der Waals surface area contributed by atoms with E-state index in [-0.39, 0.29) is 5.82 Å². The molecule has 0 aliphatic rings. The van der Waals surface area contributed by atoms with Gasteiger partial charge in [0.2, 0.25) is 5.88 Å². The van der Waals surface area contributed by atoms with Crippen molar-refractivity contribution in [3.05, 3.63) is 53.5 Å². The second-order valence-corrected chi connectivity index (χ2v) is 3.68. The van der Waals surface area contributed by atoms with Crippen molar-refractivity contribution in [3.8, 4) is 11.6 Å². The van der Waals surface area contributed by atoms with Crippen LogP contribution in [0.4, 0.5) is 4.39 Å². The average Bonchev–Trinajstić information content (AvgIpc) is 2.33. The van der Waals surface area contributed by atoms with Gasteiger partial charge in [0, 0.05) is 18.3 Å². The number of hydrogen-bond acceptors (Lipinski definition) is 3. The molecule has 1 aromatic carbocycles. The Hall–Kier alpha value is -1.94. The second-order valence-electron chi connectivity index (χ2n) is 3.68. The summed E-state index contributed by atoms with van der Waals surface area (Å²) in [6.07, 6.45) is 1.63. The predicted octanol–water partition coefficient (Wildman–Crippen LogP) is 2.78. The molecule has 17 heavy (non-hydrogen) atoms. The summed E-state index contributed by atoms with van der Waals surface area (Å²) in [6, 6.07) is 8.00. The summed E-state index contributed by atoms with van der Waals surface area (Å²) >= 11 is 0. The smallest absolute Gasteiger partial charge is 0.223 e. The van der Waals surface area contributed by atoms with Gasteiger partial charge in [-0.15, -0.1) is 0 Å². The molecule has 0 unspecified atom stereocenters. The number of rotatable bonds is 3. The van der Waals surface area contributed by atoms with E-state index in [0.717, 1.165) is 11.1 Å². The Kier molecular flexibility index (Phi) is 3.35. The van der Waals surface area contributed by atoms with Gasteiger partial charge in [0.1, 0.15) is 11.6 Å². The highest BCUT2D eigenvalue weighted by Crippen LogP contribution is 2.26. The molecular formula is C13H13FN2O. The molecule has 0 spiro atoms. The standard InChI is InChI=1S/C13H13FN2O/c1-9-7-11(14)4-5-12(9)17-13-10(8-15)3-2-6-16-13/h2-7H,8,15H2,1H3. The van der Waals surface area contributed by atoms with Gasteiger partial charge in [0.25, 0.3) is 0 Å². The van der Waals surface area contributed by atoms with Crippen LogP contribution in [0.25, 0.3) is 0 Å². The van der Waals surface area contributed by atoms with Gasteiger partial charge in [0.05, 0.1) is 0 Å². The molecule has 0 radical (unpaired) electrons. The number of aromatic nitrogens is 1. The van der Waals surface area contributed by atoms with Gasteiger partial charge in [-0.25, -0.2) is 9.37 Å². The maximum absolute atomic E-state index is 12.9. The largest absolute Gasteiger partial charge is 0.438 e. The molecule has 0 aliphatic heterocycles. The average molecular weight is 232 g/mol. The van der Waals surface area contributed by atoms with Crippen molar-refractivity contribution in [2.75, 3.05) is 0 Å². The molecule has 0 bridgehead atoms. The fourth-order valence-electron chi connectivity index (χ4n) is 1.50. The molecule has 0 aliphatic carbocycles. The second kappa shape index (κ2) is 4.93. The van der Waals surface area contributed by atoms with Gasteiger partial charge in [-0.1, -0.05) is 6.07 Å². The molecule has 88 valence electrons. The first-order chi connectivity index (χ1) is 8.20. The first kappa shape index (κ1) is 11.5. The van der Waals surface area contributed by atoms with E-state index >= 15 is 0 Å². The van der Waals surface area contributed by atoms with Crippen LogP contribution >= 0.6 is 0 Å². The van der Waals surface area contributed by atoms with Crippen LogP contribution in [0.15, 0.2) is 36.5 Å². The van der Waals surface area contributed by atoms with Crippen molar-refractivity contribution in [1.82, 2.24) is 4.98 Å². The Labute approximate surface area is 99.1 Å². The van der Waals surface area contributed by atoms with E-state index in [4.69, 9.17) is 10.5 Å². The molecule has 0 atom stereocenters. The summed E-state index contributed by atoms with van der Waals surface area (Å²) in [5.74, 6) is 0.763. The summed E-state index contributed by atoms with van der Waals surface area (Å²) in [7, 11) is 0. The maximum atomic E-state index is 12.9. The molecule has 4 heteroatoms. The summed E-state index contributed by atoms with van der Waals surface area (Å²) in [6.45, 7) is 2.13. The first-order valence-electron chi connectivity index (χ1n) is 5.28. The minimum atomic E-state index is -0.282. The minimum absolute atomic E-state index is 0.282. The number of hydrogen-bond donors (Lipinski definition) is 1. The number of aryl methyl sites for hydroxylation is 1. The number of ether oxygens (including phenoxy) is 1. The lowest BCUT2D eigenvalue weighted by atomic mass is 10.2. The zero-order valence-corrected chi connectivity index (χ0v) is 9.48. The number of nitrogens with two attached hydrogens (primary N) is 1. The Morgan fingerprint density at radius 1 is 1.35 bits per heavy atom. The van der Waals surface area contributed by atoms with Gasteiger partial charge in [-0.3, -0.25) is 0 Å². The van der Waals surface area contributed by atoms with E-state index in [2.05, 4.69) is 4.98 Å². The minimum Gasteiger partial charge on any atom is -0.438 e. The Bertz CT molecular complexity index is 529.